The Labute approximate surface area is 86.4 Å². The van der Waals surface area contributed by atoms with E-state index in [4.69, 9.17) is 11.1 Å². The lowest BCUT2D eigenvalue weighted by molar-refractivity contribution is 0.475. The van der Waals surface area contributed by atoms with Crippen LogP contribution in [0.15, 0.2) is 4.74 Å². The molecule has 0 rings (SSSR count). The van der Waals surface area contributed by atoms with Gasteiger partial charge in [-0.15, -0.1) is 0 Å². The van der Waals surface area contributed by atoms with Crippen LogP contribution in [0.5, 0.6) is 0 Å². The fourth-order valence-corrected chi connectivity index (χ4v) is 4.46. The number of nitrogens with zero attached hydrogens (tertiary/aromatic N) is 4. The molecular weight excluding hydrogens is 199 g/mol. The average molecular weight is 220 g/mol. The fourth-order valence-electron chi connectivity index (χ4n) is 1.49. The quantitative estimate of drug-likeness (QED) is 0.413. The molecule has 6 nitrogen and oxygen atoms in total. The molecule has 0 aliphatic rings. The van der Waals surface area contributed by atoms with E-state index in [-0.39, 0.29) is 5.96 Å². The molecule has 0 heterocycles. The molecule has 0 aromatic rings. The summed E-state index contributed by atoms with van der Waals surface area (Å²) in [7, 11) is 9.68. The largest absolute Gasteiger partial charge is 0.368 e. The molecule has 84 valence electrons. The molecule has 0 aliphatic heterocycles. The highest BCUT2D eigenvalue weighted by Crippen LogP contribution is 2.54. The van der Waals surface area contributed by atoms with Crippen LogP contribution < -0.4 is 5.73 Å². The van der Waals surface area contributed by atoms with E-state index in [9.17, 15) is 0 Å². The van der Waals surface area contributed by atoms with Crippen LogP contribution >= 0.6 is 7.51 Å². The van der Waals surface area contributed by atoms with Gasteiger partial charge in [0.15, 0.2) is 7.51 Å². The van der Waals surface area contributed by atoms with E-state index < -0.39 is 7.51 Å². The van der Waals surface area contributed by atoms with Crippen LogP contribution in [0, 0.1) is 5.41 Å². The summed E-state index contributed by atoms with van der Waals surface area (Å²) < 4.78 is 10.3. The molecule has 0 bridgehead atoms. The molecule has 0 amide bonds. The number of guanidine groups is 1. The first kappa shape index (κ1) is 13.6. The second-order valence-electron chi connectivity index (χ2n) is 3.56. The second kappa shape index (κ2) is 4.89. The Morgan fingerprint density at radius 3 is 1.36 bits per heavy atom. The van der Waals surface area contributed by atoms with Gasteiger partial charge in [0.1, 0.15) is 0 Å². The van der Waals surface area contributed by atoms with Crippen LogP contribution in [0.3, 0.4) is 0 Å². The third-order valence-corrected chi connectivity index (χ3v) is 5.56. The molecular formula is C7H21N6P. The van der Waals surface area contributed by atoms with Crippen LogP contribution in [0.1, 0.15) is 0 Å². The molecule has 0 radical (unpaired) electrons. The van der Waals surface area contributed by atoms with Crippen molar-refractivity contribution in [1.29, 1.82) is 5.41 Å². The summed E-state index contributed by atoms with van der Waals surface area (Å²) in [6.07, 6.45) is 0. The highest BCUT2D eigenvalue weighted by molar-refractivity contribution is 7.59. The van der Waals surface area contributed by atoms with Gasteiger partial charge >= 0.3 is 0 Å². The highest BCUT2D eigenvalue weighted by Gasteiger charge is 2.28. The van der Waals surface area contributed by atoms with Gasteiger partial charge in [-0.3, -0.25) is 19.4 Å². The zero-order valence-corrected chi connectivity index (χ0v) is 10.7. The molecule has 0 aromatic carbocycles. The normalized spacial score (nSPS) is 12.6. The highest BCUT2D eigenvalue weighted by atomic mass is 31.2. The predicted octanol–water partition coefficient (Wildman–Crippen LogP) is 0.511. The molecule has 14 heavy (non-hydrogen) atoms. The molecule has 0 aromatic heterocycles. The number of rotatable bonds is 3. The van der Waals surface area contributed by atoms with Gasteiger partial charge in [0.2, 0.25) is 5.96 Å². The maximum absolute atomic E-state index is 7.29. The monoisotopic (exact) mass is 220 g/mol. The lowest BCUT2D eigenvalue weighted by Gasteiger charge is -2.40. The van der Waals surface area contributed by atoms with Gasteiger partial charge < -0.3 is 5.73 Å². The van der Waals surface area contributed by atoms with Gasteiger partial charge in [-0.05, 0) is 42.3 Å². The standard InChI is InChI=1S/C7H21N6P/c1-11(2)14(12(3)4,13(5)6)10-7(8)9/h1-6H3,(H3,8,9). The van der Waals surface area contributed by atoms with Gasteiger partial charge in [0.05, 0.1) is 0 Å². The lowest BCUT2D eigenvalue weighted by Crippen LogP contribution is -2.31. The first-order valence-electron chi connectivity index (χ1n) is 4.25. The number of nitrogens with one attached hydrogen (secondary N) is 1. The summed E-state index contributed by atoms with van der Waals surface area (Å²) >= 11 is 0. The van der Waals surface area contributed by atoms with E-state index in [1.165, 1.54) is 0 Å². The summed E-state index contributed by atoms with van der Waals surface area (Å²) in [5.41, 5.74) is 5.36. The van der Waals surface area contributed by atoms with Crippen molar-refractivity contribution in [3.05, 3.63) is 0 Å². The summed E-state index contributed by atoms with van der Waals surface area (Å²) in [5, 5.41) is 7.29. The number of nitrogens with two attached hydrogens (primary N) is 1. The van der Waals surface area contributed by atoms with Gasteiger partial charge in [0, 0.05) is 0 Å². The van der Waals surface area contributed by atoms with E-state index in [1.54, 1.807) is 0 Å². The van der Waals surface area contributed by atoms with E-state index >= 15 is 0 Å². The zero-order chi connectivity index (χ0) is 11.5. The molecule has 0 saturated heterocycles. The number of hydrogen-bond acceptors (Lipinski definition) is 1. The Bertz CT molecular complexity index is 228. The van der Waals surface area contributed by atoms with Crippen molar-refractivity contribution in [2.24, 2.45) is 10.5 Å². The molecule has 0 unspecified atom stereocenters. The van der Waals surface area contributed by atoms with Crippen molar-refractivity contribution in [3.8, 4) is 0 Å². The zero-order valence-electron chi connectivity index (χ0n) is 9.81. The van der Waals surface area contributed by atoms with Gasteiger partial charge in [0.25, 0.3) is 0 Å². The van der Waals surface area contributed by atoms with Crippen LogP contribution in [0.25, 0.3) is 0 Å². The lowest BCUT2D eigenvalue weighted by atomic mass is 11.1. The Morgan fingerprint density at radius 1 is 1.00 bits per heavy atom. The van der Waals surface area contributed by atoms with E-state index in [0.717, 1.165) is 0 Å². The minimum absolute atomic E-state index is 0.130. The SMILES string of the molecule is CN(C)P(=NC(=N)N)(N(C)C)N(C)C. The first-order chi connectivity index (χ1) is 6.25. The summed E-state index contributed by atoms with van der Waals surface area (Å²) in [5.74, 6) is -0.130. The molecule has 3 N–H and O–H groups in total. The third kappa shape index (κ3) is 2.54. The van der Waals surface area contributed by atoms with Crippen molar-refractivity contribution >= 4 is 13.5 Å². The smallest absolute Gasteiger partial charge is 0.214 e. The Morgan fingerprint density at radius 2 is 1.29 bits per heavy atom. The summed E-state index contributed by atoms with van der Waals surface area (Å²) in [6.45, 7) is 0. The predicted molar refractivity (Wildman–Crippen MR) is 62.3 cm³/mol. The molecule has 0 atom stereocenters. The van der Waals surface area contributed by atoms with Crippen molar-refractivity contribution in [2.75, 3.05) is 42.3 Å². The molecule has 0 fully saturated rings. The average Bonchev–Trinajstić information content (AvgIpc) is 1.97. The molecule has 0 aliphatic carbocycles. The minimum Gasteiger partial charge on any atom is -0.368 e. The van der Waals surface area contributed by atoms with Crippen molar-refractivity contribution in [3.63, 3.8) is 0 Å². The minimum atomic E-state index is -1.99. The van der Waals surface area contributed by atoms with Crippen molar-refractivity contribution in [1.82, 2.24) is 14.0 Å². The summed E-state index contributed by atoms with van der Waals surface area (Å²) in [4.78, 5) is 0. The van der Waals surface area contributed by atoms with Crippen LogP contribution in [-0.2, 0) is 0 Å². The van der Waals surface area contributed by atoms with Crippen LogP contribution in [0.4, 0.5) is 0 Å². The second-order valence-corrected chi connectivity index (χ2v) is 7.24. The topological polar surface area (TPSA) is 71.9 Å². The Kier molecular flexibility index (Phi) is 4.74. The van der Waals surface area contributed by atoms with E-state index in [2.05, 4.69) is 4.74 Å². The Hall–Kier alpha value is -0.420. The molecule has 7 heteroatoms. The van der Waals surface area contributed by atoms with Crippen LogP contribution in [-0.4, -0.2) is 62.3 Å². The summed E-state index contributed by atoms with van der Waals surface area (Å²) in [6, 6.07) is 0. The van der Waals surface area contributed by atoms with Gasteiger partial charge in [-0.2, -0.15) is 4.74 Å². The fraction of sp³-hybridized carbons (Fsp3) is 0.857. The molecule has 0 saturated carbocycles. The number of hydrogen-bond donors (Lipinski definition) is 2. The van der Waals surface area contributed by atoms with Gasteiger partial charge in [-0.1, -0.05) is 0 Å². The van der Waals surface area contributed by atoms with Crippen molar-refractivity contribution < 1.29 is 0 Å². The maximum Gasteiger partial charge on any atom is 0.214 e. The van der Waals surface area contributed by atoms with Gasteiger partial charge in [-0.25, -0.2) is 0 Å². The first-order valence-corrected chi connectivity index (χ1v) is 5.85. The van der Waals surface area contributed by atoms with Crippen LogP contribution in [0.2, 0.25) is 0 Å². The molecule has 0 spiro atoms. The van der Waals surface area contributed by atoms with Crippen molar-refractivity contribution in [2.45, 2.75) is 0 Å². The van der Waals surface area contributed by atoms with E-state index in [1.807, 2.05) is 56.3 Å². The van der Waals surface area contributed by atoms with E-state index in [0.29, 0.717) is 0 Å². The third-order valence-electron chi connectivity index (χ3n) is 1.85. The maximum atomic E-state index is 7.29. The Balaban J connectivity index is 5.51.